The predicted octanol–water partition coefficient (Wildman–Crippen LogP) is 3.37. The van der Waals surface area contributed by atoms with Crippen molar-refractivity contribution in [2.45, 2.75) is 13.3 Å². The molecule has 0 amide bonds. The van der Waals surface area contributed by atoms with Gasteiger partial charge in [0.1, 0.15) is 0 Å². The predicted molar refractivity (Wildman–Crippen MR) is 56.9 cm³/mol. The second-order valence-corrected chi connectivity index (χ2v) is 4.02. The molecule has 0 N–H and O–H groups in total. The van der Waals surface area contributed by atoms with Crippen molar-refractivity contribution in [1.82, 2.24) is 4.98 Å². The lowest BCUT2D eigenvalue weighted by molar-refractivity contribution is 1.19. The number of aromatic nitrogens is 1. The average Bonchev–Trinajstić information content (AvgIpc) is 2.67. The van der Waals surface area contributed by atoms with Crippen LogP contribution >= 0.6 is 11.3 Å². The minimum atomic E-state index is 1.12. The summed E-state index contributed by atoms with van der Waals surface area (Å²) in [5, 5.41) is 0. The highest BCUT2D eigenvalue weighted by Crippen LogP contribution is 2.27. The monoisotopic (exact) mass is 189 g/mol. The molecule has 13 heavy (non-hydrogen) atoms. The van der Waals surface area contributed by atoms with Gasteiger partial charge in [0, 0.05) is 22.1 Å². The first-order chi connectivity index (χ1) is 6.40. The summed E-state index contributed by atoms with van der Waals surface area (Å²) in [4.78, 5) is 6.77. The number of hydrogen-bond donors (Lipinski definition) is 0. The van der Waals surface area contributed by atoms with Crippen molar-refractivity contribution in [2.75, 3.05) is 0 Å². The third-order valence-electron chi connectivity index (χ3n) is 1.97. The highest BCUT2D eigenvalue weighted by Gasteiger charge is 1.99. The Morgan fingerprint density at radius 3 is 2.54 bits per heavy atom. The Kier molecular flexibility index (Phi) is 2.41. The minimum Gasteiger partial charge on any atom is -0.265 e. The zero-order valence-corrected chi connectivity index (χ0v) is 8.34. The first-order valence-corrected chi connectivity index (χ1v) is 5.21. The molecule has 2 heterocycles. The molecule has 2 aromatic heterocycles. The van der Waals surface area contributed by atoms with Gasteiger partial charge in [-0.05, 0) is 36.2 Å². The van der Waals surface area contributed by atoms with Crippen molar-refractivity contribution in [1.29, 1.82) is 0 Å². The summed E-state index contributed by atoms with van der Waals surface area (Å²) in [7, 11) is 0. The molecule has 0 saturated heterocycles. The molecular formula is C11H11NS. The molecule has 2 rings (SSSR count). The van der Waals surface area contributed by atoms with Crippen LogP contribution in [0.15, 0.2) is 36.7 Å². The number of rotatable bonds is 2. The summed E-state index contributed by atoms with van der Waals surface area (Å²) in [6.45, 7) is 2.18. The molecule has 0 aliphatic rings. The number of pyridine rings is 1. The molecule has 0 aliphatic carbocycles. The number of aryl methyl sites for hydroxylation is 1. The van der Waals surface area contributed by atoms with Crippen LogP contribution in [0.25, 0.3) is 10.4 Å². The molecule has 2 aromatic rings. The maximum Gasteiger partial charge on any atom is 0.0346 e. The molecule has 0 atom stereocenters. The summed E-state index contributed by atoms with van der Waals surface area (Å²) in [6, 6.07) is 8.47. The second kappa shape index (κ2) is 3.71. The maximum atomic E-state index is 4.00. The van der Waals surface area contributed by atoms with E-state index in [0.717, 1.165) is 6.42 Å². The molecule has 0 aromatic carbocycles. The van der Waals surface area contributed by atoms with E-state index in [1.165, 1.54) is 15.3 Å². The molecular weight excluding hydrogens is 178 g/mol. The molecule has 0 bridgehead atoms. The number of thiophene rings is 1. The lowest BCUT2D eigenvalue weighted by Crippen LogP contribution is -1.71. The van der Waals surface area contributed by atoms with E-state index in [1.807, 2.05) is 35.9 Å². The Morgan fingerprint density at radius 2 is 1.92 bits per heavy atom. The van der Waals surface area contributed by atoms with Crippen molar-refractivity contribution in [3.8, 4) is 10.4 Å². The molecule has 2 heteroatoms. The number of nitrogens with zero attached hydrogens (tertiary/aromatic N) is 1. The lowest BCUT2D eigenvalue weighted by atomic mass is 10.2. The van der Waals surface area contributed by atoms with Crippen LogP contribution in [-0.2, 0) is 6.42 Å². The Balaban J connectivity index is 2.36. The zero-order valence-electron chi connectivity index (χ0n) is 7.53. The van der Waals surface area contributed by atoms with Crippen LogP contribution in [0, 0.1) is 0 Å². The first kappa shape index (κ1) is 8.45. The topological polar surface area (TPSA) is 12.9 Å². The Labute approximate surface area is 82.1 Å². The second-order valence-electron chi connectivity index (χ2n) is 2.86. The third kappa shape index (κ3) is 1.78. The molecule has 0 saturated carbocycles. The van der Waals surface area contributed by atoms with Crippen LogP contribution in [0.5, 0.6) is 0 Å². The molecule has 0 unspecified atom stereocenters. The molecule has 66 valence electrons. The van der Waals surface area contributed by atoms with E-state index in [-0.39, 0.29) is 0 Å². The SMILES string of the molecule is CCc1ccc(-c2ccncc2)s1. The fourth-order valence-electron chi connectivity index (χ4n) is 1.24. The van der Waals surface area contributed by atoms with Crippen LogP contribution in [0.1, 0.15) is 11.8 Å². The zero-order chi connectivity index (χ0) is 9.10. The van der Waals surface area contributed by atoms with Gasteiger partial charge in [0.05, 0.1) is 0 Å². The van der Waals surface area contributed by atoms with Crippen molar-refractivity contribution in [3.05, 3.63) is 41.5 Å². The van der Waals surface area contributed by atoms with Gasteiger partial charge in [-0.2, -0.15) is 0 Å². The summed E-state index contributed by atoms with van der Waals surface area (Å²) in [6.07, 6.45) is 4.79. The van der Waals surface area contributed by atoms with E-state index in [0.29, 0.717) is 0 Å². The van der Waals surface area contributed by atoms with Crippen molar-refractivity contribution < 1.29 is 0 Å². The molecule has 0 aliphatic heterocycles. The molecule has 0 fully saturated rings. The van der Waals surface area contributed by atoms with E-state index in [4.69, 9.17) is 0 Å². The van der Waals surface area contributed by atoms with E-state index < -0.39 is 0 Å². The fraction of sp³-hybridized carbons (Fsp3) is 0.182. The Bertz CT molecular complexity index is 378. The van der Waals surface area contributed by atoms with Gasteiger partial charge < -0.3 is 0 Å². The number of hydrogen-bond acceptors (Lipinski definition) is 2. The van der Waals surface area contributed by atoms with Crippen molar-refractivity contribution in [2.24, 2.45) is 0 Å². The van der Waals surface area contributed by atoms with E-state index in [9.17, 15) is 0 Å². The Morgan fingerprint density at radius 1 is 1.15 bits per heavy atom. The Hall–Kier alpha value is -1.15. The fourth-order valence-corrected chi connectivity index (χ4v) is 2.19. The normalized spacial score (nSPS) is 10.2. The van der Waals surface area contributed by atoms with Gasteiger partial charge in [0.2, 0.25) is 0 Å². The van der Waals surface area contributed by atoms with Gasteiger partial charge >= 0.3 is 0 Å². The summed E-state index contributed by atoms with van der Waals surface area (Å²) >= 11 is 1.86. The van der Waals surface area contributed by atoms with Crippen LogP contribution in [0.3, 0.4) is 0 Å². The summed E-state index contributed by atoms with van der Waals surface area (Å²) in [5.41, 5.74) is 1.26. The van der Waals surface area contributed by atoms with Crippen molar-refractivity contribution in [3.63, 3.8) is 0 Å². The molecule has 1 nitrogen and oxygen atoms in total. The standard InChI is InChI=1S/C11H11NS/c1-2-10-3-4-11(13-10)9-5-7-12-8-6-9/h3-8H,2H2,1H3. The highest BCUT2D eigenvalue weighted by molar-refractivity contribution is 7.15. The van der Waals surface area contributed by atoms with E-state index in [2.05, 4.69) is 24.0 Å². The van der Waals surface area contributed by atoms with Crippen LogP contribution < -0.4 is 0 Å². The van der Waals surface area contributed by atoms with Gasteiger partial charge in [-0.15, -0.1) is 11.3 Å². The van der Waals surface area contributed by atoms with Gasteiger partial charge in [0.15, 0.2) is 0 Å². The van der Waals surface area contributed by atoms with Crippen LogP contribution in [-0.4, -0.2) is 4.98 Å². The molecule has 0 radical (unpaired) electrons. The quantitative estimate of drug-likeness (QED) is 0.705. The van der Waals surface area contributed by atoms with E-state index >= 15 is 0 Å². The lowest BCUT2D eigenvalue weighted by Gasteiger charge is -1.93. The van der Waals surface area contributed by atoms with E-state index in [1.54, 1.807) is 0 Å². The molecule has 0 spiro atoms. The van der Waals surface area contributed by atoms with Crippen LogP contribution in [0.2, 0.25) is 0 Å². The van der Waals surface area contributed by atoms with Crippen LogP contribution in [0.4, 0.5) is 0 Å². The van der Waals surface area contributed by atoms with Gasteiger partial charge in [-0.1, -0.05) is 6.92 Å². The minimum absolute atomic E-state index is 1.12. The van der Waals surface area contributed by atoms with Gasteiger partial charge in [-0.25, -0.2) is 0 Å². The van der Waals surface area contributed by atoms with Crippen molar-refractivity contribution >= 4 is 11.3 Å². The first-order valence-electron chi connectivity index (χ1n) is 4.39. The maximum absolute atomic E-state index is 4.00. The highest BCUT2D eigenvalue weighted by atomic mass is 32.1. The summed E-state index contributed by atoms with van der Waals surface area (Å²) in [5.74, 6) is 0. The van der Waals surface area contributed by atoms with Gasteiger partial charge in [0.25, 0.3) is 0 Å². The van der Waals surface area contributed by atoms with Gasteiger partial charge in [-0.3, -0.25) is 4.98 Å². The smallest absolute Gasteiger partial charge is 0.0346 e. The largest absolute Gasteiger partial charge is 0.265 e. The average molecular weight is 189 g/mol. The third-order valence-corrected chi connectivity index (χ3v) is 3.25. The summed E-state index contributed by atoms with van der Waals surface area (Å²) < 4.78 is 0.